The third kappa shape index (κ3) is 6.28. The fraction of sp³-hybridized carbons (Fsp3) is 0.393. The van der Waals surface area contributed by atoms with Crippen LogP contribution in [0.15, 0.2) is 52.9 Å². The largest absolute Gasteiger partial charge is 0.497 e. The van der Waals surface area contributed by atoms with Crippen molar-refractivity contribution < 1.29 is 9.53 Å². The lowest BCUT2D eigenvalue weighted by Gasteiger charge is -2.31. The fourth-order valence-corrected chi connectivity index (χ4v) is 5.32. The molecule has 2 aromatic carbocycles. The van der Waals surface area contributed by atoms with Crippen LogP contribution in [0.4, 0.5) is 5.69 Å². The minimum absolute atomic E-state index is 0.0277. The summed E-state index contributed by atoms with van der Waals surface area (Å²) in [5, 5.41) is 24.6. The zero-order chi connectivity index (χ0) is 28.1. The Balaban J connectivity index is 1.79. The van der Waals surface area contributed by atoms with Crippen molar-refractivity contribution in [3.8, 4) is 11.8 Å². The zero-order valence-corrected chi connectivity index (χ0v) is 24.4. The monoisotopic (exact) mass is 588 g/mol. The van der Waals surface area contributed by atoms with Crippen LogP contribution in [-0.4, -0.2) is 60.4 Å². The molecule has 1 unspecified atom stereocenters. The van der Waals surface area contributed by atoms with Crippen LogP contribution in [0, 0.1) is 11.3 Å². The van der Waals surface area contributed by atoms with Crippen molar-refractivity contribution in [2.24, 2.45) is 5.10 Å². The first-order valence-corrected chi connectivity index (χ1v) is 14.0. The molecule has 0 bridgehead atoms. The Labute approximate surface area is 244 Å². The van der Waals surface area contributed by atoms with E-state index in [-0.39, 0.29) is 11.9 Å². The molecule has 1 amide bonds. The molecular formula is C28H31Cl3N6O2. The maximum absolute atomic E-state index is 13.6. The van der Waals surface area contributed by atoms with Gasteiger partial charge in [-0.1, -0.05) is 47.8 Å². The number of ether oxygens (including phenoxy) is 1. The fourth-order valence-electron chi connectivity index (χ4n) is 4.86. The van der Waals surface area contributed by atoms with Crippen molar-refractivity contribution >= 4 is 52.1 Å². The van der Waals surface area contributed by atoms with Crippen molar-refractivity contribution in [2.75, 3.05) is 32.1 Å². The third-order valence-corrected chi connectivity index (χ3v) is 7.99. The first-order chi connectivity index (χ1) is 18.8. The Bertz CT molecular complexity index is 1330. The molecule has 206 valence electrons. The molecule has 2 heterocycles. The second-order valence-corrected chi connectivity index (χ2v) is 10.5. The van der Waals surface area contributed by atoms with E-state index in [1.165, 1.54) is 0 Å². The highest BCUT2D eigenvalue weighted by Crippen LogP contribution is 2.33. The van der Waals surface area contributed by atoms with Crippen molar-refractivity contribution in [1.82, 2.24) is 15.2 Å². The number of halogens is 3. The van der Waals surface area contributed by atoms with Gasteiger partial charge in [0.2, 0.25) is 5.91 Å². The second kappa shape index (κ2) is 12.9. The van der Waals surface area contributed by atoms with Gasteiger partial charge in [-0.25, -0.2) is 5.01 Å². The molecule has 11 heteroatoms. The van der Waals surface area contributed by atoms with Crippen LogP contribution in [0.3, 0.4) is 0 Å². The average Bonchev–Trinajstić information content (AvgIpc) is 3.63. The minimum Gasteiger partial charge on any atom is -0.497 e. The molecule has 8 nitrogen and oxygen atoms in total. The van der Waals surface area contributed by atoms with Gasteiger partial charge in [0.25, 0.3) is 0 Å². The third-order valence-electron chi connectivity index (χ3n) is 6.92. The van der Waals surface area contributed by atoms with Gasteiger partial charge >= 0.3 is 0 Å². The molecule has 4 rings (SSSR count). The van der Waals surface area contributed by atoms with Crippen molar-refractivity contribution in [3.63, 3.8) is 0 Å². The highest BCUT2D eigenvalue weighted by atomic mass is 35.5. The Hall–Kier alpha value is -2.96. The van der Waals surface area contributed by atoms with Crippen LogP contribution in [0.2, 0.25) is 15.1 Å². The van der Waals surface area contributed by atoms with Crippen LogP contribution in [0.1, 0.15) is 38.7 Å². The molecule has 0 spiro atoms. The normalized spacial score (nSPS) is 19.3. The number of hydrazone groups is 1. The van der Waals surface area contributed by atoms with Gasteiger partial charge < -0.3 is 20.3 Å². The summed E-state index contributed by atoms with van der Waals surface area (Å²) in [4.78, 5) is 15.5. The van der Waals surface area contributed by atoms with E-state index in [1.54, 1.807) is 42.5 Å². The predicted molar refractivity (Wildman–Crippen MR) is 156 cm³/mol. The lowest BCUT2D eigenvalue weighted by molar-refractivity contribution is -0.133. The summed E-state index contributed by atoms with van der Waals surface area (Å²) in [6.45, 7) is 5.50. The van der Waals surface area contributed by atoms with Crippen LogP contribution in [0.25, 0.3) is 0 Å². The van der Waals surface area contributed by atoms with Crippen molar-refractivity contribution in [2.45, 2.75) is 45.2 Å². The molecular weight excluding hydrogens is 559 g/mol. The van der Waals surface area contributed by atoms with E-state index in [9.17, 15) is 10.1 Å². The van der Waals surface area contributed by atoms with Crippen LogP contribution >= 0.6 is 34.8 Å². The van der Waals surface area contributed by atoms with Gasteiger partial charge in [0.15, 0.2) is 0 Å². The van der Waals surface area contributed by atoms with Crippen LogP contribution in [-0.2, 0) is 4.79 Å². The second-order valence-electron chi connectivity index (χ2n) is 9.25. The zero-order valence-electron chi connectivity index (χ0n) is 22.1. The number of methoxy groups -OCH3 is 1. The summed E-state index contributed by atoms with van der Waals surface area (Å²) < 4.78 is 5.37. The van der Waals surface area contributed by atoms with Gasteiger partial charge in [-0.3, -0.25) is 4.79 Å². The van der Waals surface area contributed by atoms with E-state index in [4.69, 9.17) is 44.6 Å². The first-order valence-electron chi connectivity index (χ1n) is 12.9. The first kappa shape index (κ1) is 29.0. The van der Waals surface area contributed by atoms with Gasteiger partial charge in [0.05, 0.1) is 63.8 Å². The Morgan fingerprint density at radius 3 is 2.59 bits per heavy atom. The minimum atomic E-state index is -0.392. The summed E-state index contributed by atoms with van der Waals surface area (Å²) in [7, 11) is 1.57. The Morgan fingerprint density at radius 1 is 1.21 bits per heavy atom. The molecule has 1 saturated heterocycles. The highest BCUT2D eigenvalue weighted by Gasteiger charge is 2.39. The summed E-state index contributed by atoms with van der Waals surface area (Å²) in [5.41, 5.74) is 2.46. The van der Waals surface area contributed by atoms with Crippen molar-refractivity contribution in [3.05, 3.63) is 68.4 Å². The molecule has 2 atom stereocenters. The van der Waals surface area contributed by atoms with Gasteiger partial charge in [-0.05, 0) is 57.0 Å². The number of benzene rings is 2. The number of amides is 1. The molecule has 1 fully saturated rings. The number of nitrogens with one attached hydrogen (secondary N) is 2. The highest BCUT2D eigenvalue weighted by molar-refractivity contribution is 6.42. The summed E-state index contributed by atoms with van der Waals surface area (Å²) in [6.07, 6.45) is 2.21. The molecule has 2 aliphatic rings. The Morgan fingerprint density at radius 2 is 1.97 bits per heavy atom. The number of likely N-dealkylation sites (N-methyl/N-ethyl adjacent to an activating group) is 1. The summed E-state index contributed by atoms with van der Waals surface area (Å²) >= 11 is 19.1. The number of rotatable bonds is 9. The smallest absolute Gasteiger partial charge is 0.240 e. The van der Waals surface area contributed by atoms with Crippen LogP contribution in [0.5, 0.6) is 5.75 Å². The predicted octanol–water partition coefficient (Wildman–Crippen LogP) is 5.90. The lowest BCUT2D eigenvalue weighted by Crippen LogP contribution is -2.52. The van der Waals surface area contributed by atoms with Gasteiger partial charge in [-0.2, -0.15) is 10.4 Å². The van der Waals surface area contributed by atoms with Crippen LogP contribution < -0.4 is 15.4 Å². The molecule has 39 heavy (non-hydrogen) atoms. The molecule has 0 aromatic heterocycles. The number of allylic oxidation sites excluding steroid dienone is 1. The van der Waals surface area contributed by atoms with Crippen molar-refractivity contribution in [1.29, 1.82) is 5.26 Å². The number of hydrogen-bond donors (Lipinski definition) is 2. The van der Waals surface area contributed by atoms with E-state index in [0.29, 0.717) is 63.1 Å². The molecule has 0 saturated carbocycles. The number of anilines is 1. The quantitative estimate of drug-likeness (QED) is 0.354. The Kier molecular flexibility index (Phi) is 9.62. The van der Waals surface area contributed by atoms with E-state index < -0.39 is 6.04 Å². The molecule has 2 N–H and O–H groups in total. The maximum atomic E-state index is 13.6. The number of nitriles is 1. The van der Waals surface area contributed by atoms with E-state index in [0.717, 1.165) is 24.9 Å². The van der Waals surface area contributed by atoms with E-state index >= 15 is 0 Å². The molecule has 0 aliphatic carbocycles. The lowest BCUT2D eigenvalue weighted by atomic mass is 10.0. The molecule has 0 radical (unpaired) electrons. The summed E-state index contributed by atoms with van der Waals surface area (Å²) in [6, 6.07) is 12.2. The molecule has 2 aliphatic heterocycles. The summed E-state index contributed by atoms with van der Waals surface area (Å²) in [5.74, 6) is 1.13. The standard InChI is InChI=1S/C28H31Cl3N6O2/c1-4-17(15-32)27(34-24-14-19(39-3)9-11-21(24)30)37-16-25(36(5-2)28(38)23-7-6-12-33-23)26(35-37)18-8-10-20(29)22(31)13-18/h8-11,13-14,23,25,33-34H,4-7,12,16H2,1-3H3/b27-17-/t23-,25?/m1/s1. The van der Waals surface area contributed by atoms with Gasteiger partial charge in [-0.15, -0.1) is 0 Å². The number of hydrogen-bond acceptors (Lipinski definition) is 7. The number of carbonyl (C=O) groups excluding carboxylic acids is 1. The number of carbonyl (C=O) groups is 1. The topological polar surface area (TPSA) is 93.0 Å². The van der Waals surface area contributed by atoms with Gasteiger partial charge in [0, 0.05) is 18.2 Å². The van der Waals surface area contributed by atoms with E-state index in [1.807, 2.05) is 24.8 Å². The van der Waals surface area contributed by atoms with Gasteiger partial charge in [0.1, 0.15) is 11.6 Å². The number of nitrogens with zero attached hydrogens (tertiary/aromatic N) is 4. The average molecular weight is 590 g/mol. The SMILES string of the molecule is CC/C(C#N)=C(\Nc1cc(OC)ccc1Cl)N1CC(N(CC)C(=O)[C@H]2CCCN2)C(c2ccc(Cl)c(Cl)c2)=N1. The maximum Gasteiger partial charge on any atom is 0.240 e. The molecule has 2 aromatic rings. The van der Waals surface area contributed by atoms with E-state index in [2.05, 4.69) is 16.7 Å².